The van der Waals surface area contributed by atoms with E-state index in [-0.39, 0.29) is 43.4 Å². The molecule has 0 aliphatic carbocycles. The fourth-order valence-corrected chi connectivity index (χ4v) is 6.56. The van der Waals surface area contributed by atoms with Crippen LogP contribution in [0.2, 0.25) is 0 Å². The molecule has 0 N–H and O–H groups in total. The zero-order valence-electron chi connectivity index (χ0n) is 22.3. The molecule has 0 fully saturated rings. The molecule has 0 aliphatic rings. The Bertz CT molecular complexity index is 2720. The standard InChI is InChI=1S/C31H21N3O6/c1-12-10-16(35)33(4)26-18(12)28(37)21-20-14-8-6-7-9-15(14)32(3)25(20)24-23(22(21)30(26)39)29(38)19-13(2)11-17(36)34(5)27(19)31(24)40/h6-11H,1-5H3. The van der Waals surface area contributed by atoms with Crippen LogP contribution in [0.25, 0.3) is 65.2 Å². The van der Waals surface area contributed by atoms with Crippen molar-refractivity contribution in [2.75, 3.05) is 0 Å². The lowest BCUT2D eigenvalue weighted by molar-refractivity contribution is 0.899. The van der Waals surface area contributed by atoms with E-state index in [9.17, 15) is 28.8 Å². The summed E-state index contributed by atoms with van der Waals surface area (Å²) in [6.07, 6.45) is 0. The average molecular weight is 532 g/mol. The first kappa shape index (κ1) is 23.9. The van der Waals surface area contributed by atoms with Crippen molar-refractivity contribution in [2.24, 2.45) is 21.1 Å². The van der Waals surface area contributed by atoms with Gasteiger partial charge in [0.15, 0.2) is 10.9 Å². The summed E-state index contributed by atoms with van der Waals surface area (Å²) in [4.78, 5) is 82.8. The number of aryl methyl sites for hydroxylation is 5. The van der Waals surface area contributed by atoms with Gasteiger partial charge in [-0.05, 0) is 31.0 Å². The van der Waals surface area contributed by atoms with Gasteiger partial charge in [0.2, 0.25) is 10.9 Å². The quantitative estimate of drug-likeness (QED) is 0.219. The molecule has 0 unspecified atom stereocenters. The van der Waals surface area contributed by atoms with E-state index in [1.807, 2.05) is 12.1 Å². The lowest BCUT2D eigenvalue weighted by Crippen LogP contribution is -2.29. The lowest BCUT2D eigenvalue weighted by Gasteiger charge is -2.13. The molecule has 0 spiro atoms. The van der Waals surface area contributed by atoms with Crippen LogP contribution in [0.3, 0.4) is 0 Å². The van der Waals surface area contributed by atoms with Crippen molar-refractivity contribution in [3.63, 3.8) is 0 Å². The van der Waals surface area contributed by atoms with Gasteiger partial charge >= 0.3 is 0 Å². The molecule has 40 heavy (non-hydrogen) atoms. The topological polar surface area (TPSA) is 117 Å². The highest BCUT2D eigenvalue weighted by atomic mass is 16.1. The summed E-state index contributed by atoms with van der Waals surface area (Å²) in [5.41, 5.74) is -1.80. The second-order valence-corrected chi connectivity index (χ2v) is 10.5. The zero-order valence-corrected chi connectivity index (χ0v) is 22.3. The van der Waals surface area contributed by atoms with Crippen molar-refractivity contribution < 1.29 is 0 Å². The van der Waals surface area contributed by atoms with Crippen LogP contribution in [0.1, 0.15) is 11.1 Å². The van der Waals surface area contributed by atoms with Gasteiger partial charge in [-0.15, -0.1) is 0 Å². The molecule has 0 radical (unpaired) electrons. The van der Waals surface area contributed by atoms with Crippen molar-refractivity contribution in [1.82, 2.24) is 13.7 Å². The summed E-state index contributed by atoms with van der Waals surface area (Å²) >= 11 is 0. The lowest BCUT2D eigenvalue weighted by atomic mass is 9.91. The van der Waals surface area contributed by atoms with Crippen LogP contribution in [-0.4, -0.2) is 13.7 Å². The van der Waals surface area contributed by atoms with E-state index >= 15 is 0 Å². The van der Waals surface area contributed by atoms with Crippen LogP contribution in [0, 0.1) is 13.8 Å². The molecule has 0 atom stereocenters. The average Bonchev–Trinajstić information content (AvgIpc) is 3.21. The van der Waals surface area contributed by atoms with Crippen molar-refractivity contribution in [3.05, 3.63) is 109 Å². The van der Waals surface area contributed by atoms with Gasteiger partial charge in [-0.3, -0.25) is 28.8 Å². The van der Waals surface area contributed by atoms with Crippen LogP contribution in [0.4, 0.5) is 0 Å². The summed E-state index contributed by atoms with van der Waals surface area (Å²) < 4.78 is 4.01. The minimum Gasteiger partial charge on any atom is -0.343 e. The summed E-state index contributed by atoms with van der Waals surface area (Å²) in [6, 6.07) is 9.82. The van der Waals surface area contributed by atoms with Crippen LogP contribution in [-0.2, 0) is 21.1 Å². The molecule has 7 aromatic rings. The maximum absolute atomic E-state index is 14.4. The highest BCUT2D eigenvalue weighted by molar-refractivity contribution is 6.33. The van der Waals surface area contributed by atoms with E-state index in [0.717, 1.165) is 9.13 Å². The molecule has 9 heteroatoms. The summed E-state index contributed by atoms with van der Waals surface area (Å²) in [5.74, 6) is 0. The van der Waals surface area contributed by atoms with Crippen molar-refractivity contribution in [3.8, 4) is 0 Å². The number of hydrogen-bond donors (Lipinski definition) is 0. The first-order valence-electron chi connectivity index (χ1n) is 12.6. The number of hydrogen-bond acceptors (Lipinski definition) is 6. The molecule has 4 aromatic carbocycles. The Morgan fingerprint density at radius 3 is 1.48 bits per heavy atom. The normalized spacial score (nSPS) is 12.2. The minimum absolute atomic E-state index is 0.0177. The molecule has 7 rings (SSSR count). The number of nitrogens with zero attached hydrogens (tertiary/aromatic N) is 3. The summed E-state index contributed by atoms with van der Waals surface area (Å²) in [6.45, 7) is 3.16. The molecule has 0 bridgehead atoms. The summed E-state index contributed by atoms with van der Waals surface area (Å²) in [5, 5.41) is 0.776. The predicted octanol–water partition coefficient (Wildman–Crippen LogP) is 2.27. The van der Waals surface area contributed by atoms with Gasteiger partial charge in [0.25, 0.3) is 11.1 Å². The number of benzene rings is 4. The van der Waals surface area contributed by atoms with E-state index in [4.69, 9.17) is 0 Å². The highest BCUT2D eigenvalue weighted by Gasteiger charge is 2.28. The Labute approximate surface area is 223 Å². The van der Waals surface area contributed by atoms with Gasteiger partial charge in [-0.25, -0.2) is 0 Å². The Balaban J connectivity index is 2.07. The van der Waals surface area contributed by atoms with Crippen LogP contribution < -0.4 is 32.8 Å². The Morgan fingerprint density at radius 2 is 0.925 bits per heavy atom. The first-order chi connectivity index (χ1) is 19.0. The van der Waals surface area contributed by atoms with E-state index in [2.05, 4.69) is 0 Å². The monoisotopic (exact) mass is 531 g/mol. The fourth-order valence-electron chi connectivity index (χ4n) is 6.56. The second-order valence-electron chi connectivity index (χ2n) is 10.5. The van der Waals surface area contributed by atoms with E-state index < -0.39 is 32.8 Å². The highest BCUT2D eigenvalue weighted by Crippen LogP contribution is 2.37. The van der Waals surface area contributed by atoms with Crippen molar-refractivity contribution >= 4 is 65.2 Å². The van der Waals surface area contributed by atoms with E-state index in [1.165, 1.54) is 26.2 Å². The maximum Gasteiger partial charge on any atom is 0.251 e. The van der Waals surface area contributed by atoms with Gasteiger partial charge in [0.05, 0.1) is 21.7 Å². The number of para-hydroxylation sites is 1. The smallest absolute Gasteiger partial charge is 0.251 e. The molecule has 0 saturated carbocycles. The molecule has 9 nitrogen and oxygen atoms in total. The maximum atomic E-state index is 14.4. The Morgan fingerprint density at radius 1 is 0.475 bits per heavy atom. The molecule has 196 valence electrons. The molecule has 0 aliphatic heterocycles. The fraction of sp³-hybridized carbons (Fsp3) is 0.161. The molecular formula is C31H21N3O6. The predicted molar refractivity (Wildman–Crippen MR) is 158 cm³/mol. The van der Waals surface area contributed by atoms with Crippen molar-refractivity contribution in [1.29, 1.82) is 0 Å². The third-order valence-corrected chi connectivity index (χ3v) is 8.41. The Hall–Kier alpha value is -5.18. The number of rotatable bonds is 0. The molecular weight excluding hydrogens is 510 g/mol. The number of aromatic nitrogens is 3. The summed E-state index contributed by atoms with van der Waals surface area (Å²) in [7, 11) is 4.57. The largest absolute Gasteiger partial charge is 0.343 e. The van der Waals surface area contributed by atoms with Gasteiger partial charge in [-0.2, -0.15) is 0 Å². The third-order valence-electron chi connectivity index (χ3n) is 8.41. The minimum atomic E-state index is -0.675. The molecule has 3 aromatic heterocycles. The third kappa shape index (κ3) is 2.57. The number of pyridine rings is 2. The van der Waals surface area contributed by atoms with Gasteiger partial charge in [0, 0.05) is 65.7 Å². The molecule has 3 heterocycles. The van der Waals surface area contributed by atoms with Gasteiger partial charge in [0.1, 0.15) is 11.0 Å². The van der Waals surface area contributed by atoms with E-state index in [0.29, 0.717) is 32.9 Å². The second kappa shape index (κ2) is 7.47. The van der Waals surface area contributed by atoms with Crippen LogP contribution in [0.15, 0.2) is 65.2 Å². The SMILES string of the molecule is Cc1cc(=O)n(C)c2c(=O)c3c4c(=O)c5c(C)cc(=O)n(C)c5c(=O)c4c4c(c5ccccc5n4C)c3c(=O)c12. The van der Waals surface area contributed by atoms with Crippen molar-refractivity contribution in [2.45, 2.75) is 13.8 Å². The Kier molecular flexibility index (Phi) is 4.47. The molecule has 0 saturated heterocycles. The zero-order chi connectivity index (χ0) is 28.5. The first-order valence-corrected chi connectivity index (χ1v) is 12.6. The van der Waals surface area contributed by atoms with Gasteiger partial charge in [-0.1, -0.05) is 18.2 Å². The van der Waals surface area contributed by atoms with Crippen LogP contribution >= 0.6 is 0 Å². The van der Waals surface area contributed by atoms with Gasteiger partial charge < -0.3 is 13.7 Å². The van der Waals surface area contributed by atoms with E-state index in [1.54, 1.807) is 37.6 Å². The number of fused-ring (bicyclic) bond motifs is 10. The van der Waals surface area contributed by atoms with Crippen LogP contribution in [0.5, 0.6) is 0 Å². The molecule has 0 amide bonds.